The molecule has 0 saturated carbocycles. The summed E-state index contributed by atoms with van der Waals surface area (Å²) in [6.45, 7) is 8.44. The van der Waals surface area contributed by atoms with Crippen molar-refractivity contribution < 1.29 is 9.90 Å². The van der Waals surface area contributed by atoms with E-state index in [9.17, 15) is 4.79 Å². The zero-order valence-electron chi connectivity index (χ0n) is 12.2. The highest BCUT2D eigenvalue weighted by molar-refractivity contribution is 5.88. The average molecular weight is 264 g/mol. The zero-order chi connectivity index (χ0) is 14.4. The molecule has 1 aromatic heterocycles. The maximum atomic E-state index is 11.1. The number of carbonyl (C=O) groups is 1. The molecule has 0 bridgehead atoms. The van der Waals surface area contributed by atoms with Crippen LogP contribution in [0.25, 0.3) is 0 Å². The largest absolute Gasteiger partial charge is 0.478 e. The van der Waals surface area contributed by atoms with E-state index in [4.69, 9.17) is 5.11 Å². The second kappa shape index (κ2) is 7.12. The van der Waals surface area contributed by atoms with Crippen molar-refractivity contribution in [3.8, 4) is 0 Å². The number of hydrogen-bond acceptors (Lipinski definition) is 3. The summed E-state index contributed by atoms with van der Waals surface area (Å²) in [7, 11) is 0. The first kappa shape index (κ1) is 15.5. The van der Waals surface area contributed by atoms with Crippen LogP contribution in [0.15, 0.2) is 12.1 Å². The molecule has 1 atom stereocenters. The Bertz CT molecular complexity index is 428. The van der Waals surface area contributed by atoms with E-state index in [1.165, 1.54) is 0 Å². The topological polar surface area (TPSA) is 62.2 Å². The van der Waals surface area contributed by atoms with E-state index in [2.05, 4.69) is 31.1 Å². The molecule has 0 aliphatic heterocycles. The molecule has 0 fully saturated rings. The average Bonchev–Trinajstić information content (AvgIpc) is 2.39. The predicted molar refractivity (Wildman–Crippen MR) is 77.7 cm³/mol. The van der Waals surface area contributed by atoms with E-state index in [0.29, 0.717) is 17.3 Å². The maximum absolute atomic E-state index is 11.1. The van der Waals surface area contributed by atoms with Crippen molar-refractivity contribution in [2.24, 2.45) is 5.92 Å². The van der Waals surface area contributed by atoms with Crippen molar-refractivity contribution in [2.45, 2.75) is 53.0 Å². The predicted octanol–water partition coefficient (Wildman–Crippen LogP) is 3.58. The van der Waals surface area contributed by atoms with Crippen LogP contribution in [0.2, 0.25) is 0 Å². The summed E-state index contributed by atoms with van der Waals surface area (Å²) in [5, 5.41) is 12.4. The van der Waals surface area contributed by atoms with Gasteiger partial charge in [-0.1, -0.05) is 33.6 Å². The van der Waals surface area contributed by atoms with E-state index < -0.39 is 5.97 Å². The van der Waals surface area contributed by atoms with Crippen LogP contribution in [-0.4, -0.2) is 22.1 Å². The second-order valence-corrected chi connectivity index (χ2v) is 4.90. The molecule has 0 spiro atoms. The lowest BCUT2D eigenvalue weighted by molar-refractivity contribution is 0.0696. The number of carboxylic acids is 1. The molecule has 106 valence electrons. The monoisotopic (exact) mass is 264 g/mol. The molecule has 0 aliphatic rings. The minimum Gasteiger partial charge on any atom is -0.478 e. The standard InChI is InChI=1S/C15H24N2O2/c1-5-11(6-2)10(4)16-14-9-12(15(18)19)8-13(7-3)17-14/h8-11H,5-7H2,1-4H3,(H,16,17)(H,18,19). The smallest absolute Gasteiger partial charge is 0.335 e. The summed E-state index contributed by atoms with van der Waals surface area (Å²) >= 11 is 0. The van der Waals surface area contributed by atoms with Crippen molar-refractivity contribution >= 4 is 11.8 Å². The van der Waals surface area contributed by atoms with Gasteiger partial charge in [0.1, 0.15) is 5.82 Å². The molecular formula is C15H24N2O2. The fraction of sp³-hybridized carbons (Fsp3) is 0.600. The SMILES string of the molecule is CCc1cc(C(=O)O)cc(NC(C)C(CC)CC)n1. The van der Waals surface area contributed by atoms with Crippen molar-refractivity contribution in [1.29, 1.82) is 0 Å². The Balaban J connectivity index is 2.93. The summed E-state index contributed by atoms with van der Waals surface area (Å²) in [5.41, 5.74) is 1.10. The molecule has 4 nitrogen and oxygen atoms in total. The number of nitrogens with zero attached hydrogens (tertiary/aromatic N) is 1. The Morgan fingerprint density at radius 3 is 2.42 bits per heavy atom. The van der Waals surface area contributed by atoms with Crippen molar-refractivity contribution in [3.05, 3.63) is 23.4 Å². The number of aromatic carboxylic acids is 1. The van der Waals surface area contributed by atoms with Gasteiger partial charge in [0.25, 0.3) is 0 Å². The van der Waals surface area contributed by atoms with Crippen LogP contribution in [0.1, 0.15) is 56.6 Å². The van der Waals surface area contributed by atoms with Crippen LogP contribution in [0.4, 0.5) is 5.82 Å². The molecule has 0 amide bonds. The van der Waals surface area contributed by atoms with Gasteiger partial charge in [0.05, 0.1) is 5.56 Å². The van der Waals surface area contributed by atoms with Crippen LogP contribution in [0.5, 0.6) is 0 Å². The first-order chi connectivity index (χ1) is 9.01. The molecular weight excluding hydrogens is 240 g/mol. The normalized spacial score (nSPS) is 12.5. The summed E-state index contributed by atoms with van der Waals surface area (Å²) in [5.74, 6) is 0.326. The molecule has 1 unspecified atom stereocenters. The maximum Gasteiger partial charge on any atom is 0.335 e. The Labute approximate surface area is 115 Å². The number of pyridine rings is 1. The number of aryl methyl sites for hydroxylation is 1. The number of nitrogens with one attached hydrogen (secondary N) is 1. The third-order valence-electron chi connectivity index (χ3n) is 3.62. The fourth-order valence-electron chi connectivity index (χ4n) is 2.31. The summed E-state index contributed by atoms with van der Waals surface area (Å²) in [6.07, 6.45) is 2.93. The van der Waals surface area contributed by atoms with Gasteiger partial charge in [-0.25, -0.2) is 9.78 Å². The highest BCUT2D eigenvalue weighted by Crippen LogP contribution is 2.18. The molecule has 1 heterocycles. The summed E-state index contributed by atoms with van der Waals surface area (Å²) in [4.78, 5) is 15.5. The molecule has 1 aromatic rings. The third-order valence-corrected chi connectivity index (χ3v) is 3.62. The third kappa shape index (κ3) is 4.23. The van der Waals surface area contributed by atoms with Gasteiger partial charge in [-0.2, -0.15) is 0 Å². The highest BCUT2D eigenvalue weighted by Gasteiger charge is 2.15. The summed E-state index contributed by atoms with van der Waals surface area (Å²) < 4.78 is 0. The molecule has 19 heavy (non-hydrogen) atoms. The van der Waals surface area contributed by atoms with Crippen LogP contribution >= 0.6 is 0 Å². The lowest BCUT2D eigenvalue weighted by atomic mass is 9.95. The second-order valence-electron chi connectivity index (χ2n) is 4.90. The highest BCUT2D eigenvalue weighted by atomic mass is 16.4. The van der Waals surface area contributed by atoms with Crippen LogP contribution in [0.3, 0.4) is 0 Å². The minimum atomic E-state index is -0.907. The molecule has 2 N–H and O–H groups in total. The van der Waals surface area contributed by atoms with Gasteiger partial charge in [-0.15, -0.1) is 0 Å². The van der Waals surface area contributed by atoms with Crippen molar-refractivity contribution in [1.82, 2.24) is 4.98 Å². The molecule has 0 radical (unpaired) electrons. The summed E-state index contributed by atoms with van der Waals surface area (Å²) in [6, 6.07) is 3.53. The Hall–Kier alpha value is -1.58. The van der Waals surface area contributed by atoms with Gasteiger partial charge >= 0.3 is 5.97 Å². The number of carboxylic acid groups (broad SMARTS) is 1. The van der Waals surface area contributed by atoms with Gasteiger partial charge in [0.15, 0.2) is 0 Å². The van der Waals surface area contributed by atoms with Crippen LogP contribution < -0.4 is 5.32 Å². The lowest BCUT2D eigenvalue weighted by Gasteiger charge is -2.23. The van der Waals surface area contributed by atoms with Crippen LogP contribution in [0, 0.1) is 5.92 Å². The Morgan fingerprint density at radius 2 is 1.95 bits per heavy atom. The van der Waals surface area contributed by atoms with E-state index in [-0.39, 0.29) is 6.04 Å². The fourth-order valence-corrected chi connectivity index (χ4v) is 2.31. The Kier molecular flexibility index (Phi) is 5.80. The Morgan fingerprint density at radius 1 is 1.32 bits per heavy atom. The number of rotatable bonds is 7. The van der Waals surface area contributed by atoms with Crippen molar-refractivity contribution in [3.63, 3.8) is 0 Å². The van der Waals surface area contributed by atoms with Gasteiger partial charge in [0.2, 0.25) is 0 Å². The van der Waals surface area contributed by atoms with Gasteiger partial charge in [-0.3, -0.25) is 0 Å². The lowest BCUT2D eigenvalue weighted by Crippen LogP contribution is -2.25. The molecule has 0 saturated heterocycles. The molecule has 0 aromatic carbocycles. The van der Waals surface area contributed by atoms with E-state index in [0.717, 1.165) is 25.0 Å². The van der Waals surface area contributed by atoms with Crippen LogP contribution in [-0.2, 0) is 6.42 Å². The first-order valence-electron chi connectivity index (χ1n) is 7.02. The van der Waals surface area contributed by atoms with E-state index in [1.807, 2.05) is 6.92 Å². The van der Waals surface area contributed by atoms with Gasteiger partial charge in [-0.05, 0) is 31.4 Å². The minimum absolute atomic E-state index is 0.288. The number of anilines is 1. The molecule has 0 aliphatic carbocycles. The van der Waals surface area contributed by atoms with E-state index in [1.54, 1.807) is 12.1 Å². The quantitative estimate of drug-likeness (QED) is 0.790. The first-order valence-corrected chi connectivity index (χ1v) is 7.02. The number of hydrogen-bond donors (Lipinski definition) is 2. The van der Waals surface area contributed by atoms with E-state index >= 15 is 0 Å². The van der Waals surface area contributed by atoms with Crippen molar-refractivity contribution in [2.75, 3.05) is 5.32 Å². The zero-order valence-corrected chi connectivity index (χ0v) is 12.2. The number of aromatic nitrogens is 1. The molecule has 4 heteroatoms. The molecule has 1 rings (SSSR count). The van der Waals surface area contributed by atoms with Gasteiger partial charge < -0.3 is 10.4 Å². The van der Waals surface area contributed by atoms with Gasteiger partial charge in [0, 0.05) is 11.7 Å².